The number of allylic oxidation sites excluding steroid dienone is 1. The number of carbonyl (C=O) groups excluding carboxylic acids is 1. The summed E-state index contributed by atoms with van der Waals surface area (Å²) in [6.45, 7) is 3.69. The van der Waals surface area contributed by atoms with Crippen LogP contribution < -0.4 is 0 Å². The Morgan fingerprint density at radius 3 is 2.39 bits per heavy atom. The second-order valence-electron chi connectivity index (χ2n) is 3.95. The molecule has 1 aromatic rings. The van der Waals surface area contributed by atoms with Crippen LogP contribution in [0.2, 0.25) is 0 Å². The second kappa shape index (κ2) is 5.67. The van der Waals surface area contributed by atoms with Crippen LogP contribution in [0.1, 0.15) is 35.3 Å². The van der Waals surface area contributed by atoms with Gasteiger partial charge in [0.05, 0.1) is 4.90 Å². The molecule has 0 aliphatic heterocycles. The van der Waals surface area contributed by atoms with Gasteiger partial charge in [0.2, 0.25) is 0 Å². The van der Waals surface area contributed by atoms with Crippen molar-refractivity contribution in [3.63, 3.8) is 0 Å². The second-order valence-corrected chi connectivity index (χ2v) is 6.27. The number of hydrogen-bond donors (Lipinski definition) is 0. The van der Waals surface area contributed by atoms with Crippen molar-refractivity contribution >= 4 is 32.8 Å². The van der Waals surface area contributed by atoms with E-state index >= 15 is 0 Å². The van der Waals surface area contributed by atoms with E-state index in [1.807, 2.05) is 6.92 Å². The van der Waals surface area contributed by atoms with Gasteiger partial charge in [-0.3, -0.25) is 4.79 Å². The first kappa shape index (κ1) is 14.9. The lowest BCUT2D eigenvalue weighted by Gasteiger charge is -2.10. The van der Waals surface area contributed by atoms with Crippen LogP contribution in [0.25, 0.3) is 6.08 Å². The van der Waals surface area contributed by atoms with Crippen LogP contribution in [0, 0.1) is 0 Å². The largest absolute Gasteiger partial charge is 0.276 e. The molecule has 0 fully saturated rings. The summed E-state index contributed by atoms with van der Waals surface area (Å²) < 4.78 is 23.4. The minimum absolute atomic E-state index is 0.127. The summed E-state index contributed by atoms with van der Waals surface area (Å²) in [7, 11) is -3.40. The third-order valence-electron chi connectivity index (χ3n) is 2.57. The van der Waals surface area contributed by atoms with Crippen molar-refractivity contribution in [2.45, 2.75) is 25.2 Å². The van der Waals surface area contributed by atoms with Crippen molar-refractivity contribution in [3.8, 4) is 0 Å². The molecule has 0 aliphatic carbocycles. The summed E-state index contributed by atoms with van der Waals surface area (Å²) in [5.41, 5.74) is 1.59. The predicted octanol–water partition coefficient (Wildman–Crippen LogP) is 3.06. The van der Waals surface area contributed by atoms with Crippen LogP contribution in [-0.2, 0) is 16.3 Å². The molecule has 1 rings (SSSR count). The van der Waals surface area contributed by atoms with Crippen LogP contribution in [0.15, 0.2) is 23.1 Å². The molecule has 0 bridgehead atoms. The van der Waals surface area contributed by atoms with E-state index in [1.54, 1.807) is 25.1 Å². The standard InChI is InChI=1S/C13H15ClO3S/c1-4-6-10-7-9(5-2)11(13(14)15)8-12(10)18(3,16)17/h4,6-8H,5H2,1-3H3. The quantitative estimate of drug-likeness (QED) is 0.799. The maximum absolute atomic E-state index is 11.7. The third kappa shape index (κ3) is 3.21. The van der Waals surface area contributed by atoms with Crippen LogP contribution in [0.4, 0.5) is 0 Å². The van der Waals surface area contributed by atoms with Gasteiger partial charge in [0.25, 0.3) is 5.24 Å². The van der Waals surface area contributed by atoms with Gasteiger partial charge in [0.15, 0.2) is 9.84 Å². The van der Waals surface area contributed by atoms with E-state index in [0.29, 0.717) is 12.0 Å². The van der Waals surface area contributed by atoms with Gasteiger partial charge in [-0.1, -0.05) is 19.1 Å². The lowest BCUT2D eigenvalue weighted by molar-refractivity contribution is 0.108. The van der Waals surface area contributed by atoms with E-state index in [0.717, 1.165) is 11.8 Å². The fraction of sp³-hybridized carbons (Fsp3) is 0.308. The van der Waals surface area contributed by atoms with E-state index in [2.05, 4.69) is 0 Å². The Morgan fingerprint density at radius 2 is 2.00 bits per heavy atom. The molecule has 0 aliphatic rings. The average Bonchev–Trinajstić information content (AvgIpc) is 2.26. The van der Waals surface area contributed by atoms with Crippen molar-refractivity contribution in [2.75, 3.05) is 6.26 Å². The predicted molar refractivity (Wildman–Crippen MR) is 73.8 cm³/mol. The highest BCUT2D eigenvalue weighted by atomic mass is 35.5. The molecule has 18 heavy (non-hydrogen) atoms. The molecule has 5 heteroatoms. The summed E-state index contributed by atoms with van der Waals surface area (Å²) in [5, 5.41) is -0.635. The Hall–Kier alpha value is -1.13. The average molecular weight is 287 g/mol. The first-order chi connectivity index (χ1) is 8.31. The van der Waals surface area contributed by atoms with Gasteiger partial charge in [0.1, 0.15) is 0 Å². The van der Waals surface area contributed by atoms with E-state index < -0.39 is 15.1 Å². The lowest BCUT2D eigenvalue weighted by atomic mass is 10.0. The minimum Gasteiger partial charge on any atom is -0.276 e. The molecule has 1 aromatic carbocycles. The molecule has 0 aromatic heterocycles. The zero-order chi connectivity index (χ0) is 13.9. The molecule has 0 spiro atoms. The Labute approximate surface area is 112 Å². The van der Waals surface area contributed by atoms with Crippen LogP contribution in [0.3, 0.4) is 0 Å². The molecule has 0 atom stereocenters. The lowest BCUT2D eigenvalue weighted by Crippen LogP contribution is -2.05. The van der Waals surface area contributed by atoms with Crippen molar-refractivity contribution < 1.29 is 13.2 Å². The number of aryl methyl sites for hydroxylation is 1. The summed E-state index contributed by atoms with van der Waals surface area (Å²) in [6.07, 6.45) is 5.19. The molecule has 0 radical (unpaired) electrons. The number of halogens is 1. The van der Waals surface area contributed by atoms with Gasteiger partial charge in [-0.05, 0) is 48.2 Å². The van der Waals surface area contributed by atoms with E-state index in [4.69, 9.17) is 11.6 Å². The first-order valence-electron chi connectivity index (χ1n) is 5.50. The van der Waals surface area contributed by atoms with E-state index in [9.17, 15) is 13.2 Å². The van der Waals surface area contributed by atoms with Crippen molar-refractivity contribution in [1.29, 1.82) is 0 Å². The molecule has 0 amide bonds. The molecule has 0 unspecified atom stereocenters. The molecule has 0 saturated carbocycles. The van der Waals surface area contributed by atoms with Gasteiger partial charge in [-0.25, -0.2) is 8.42 Å². The first-order valence-corrected chi connectivity index (χ1v) is 7.77. The highest BCUT2D eigenvalue weighted by molar-refractivity contribution is 7.90. The zero-order valence-electron chi connectivity index (χ0n) is 10.5. The Balaban J connectivity index is 3.68. The van der Waals surface area contributed by atoms with Gasteiger partial charge in [0, 0.05) is 11.8 Å². The molecule has 0 saturated heterocycles. The zero-order valence-corrected chi connectivity index (χ0v) is 12.1. The number of benzene rings is 1. The van der Waals surface area contributed by atoms with Gasteiger partial charge >= 0.3 is 0 Å². The highest BCUT2D eigenvalue weighted by Gasteiger charge is 2.17. The fourth-order valence-electron chi connectivity index (χ4n) is 1.75. The Morgan fingerprint density at radius 1 is 1.39 bits per heavy atom. The number of rotatable bonds is 4. The fourth-order valence-corrected chi connectivity index (χ4v) is 2.81. The summed E-state index contributed by atoms with van der Waals surface area (Å²) in [6, 6.07) is 3.06. The van der Waals surface area contributed by atoms with Crippen LogP contribution >= 0.6 is 11.6 Å². The summed E-state index contributed by atoms with van der Waals surface area (Å²) >= 11 is 5.49. The smallest absolute Gasteiger partial charge is 0.252 e. The molecule has 98 valence electrons. The van der Waals surface area contributed by atoms with Crippen molar-refractivity contribution in [2.24, 2.45) is 0 Å². The molecule has 3 nitrogen and oxygen atoms in total. The van der Waals surface area contributed by atoms with Crippen LogP contribution in [-0.4, -0.2) is 19.9 Å². The van der Waals surface area contributed by atoms with Gasteiger partial charge < -0.3 is 0 Å². The highest BCUT2D eigenvalue weighted by Crippen LogP contribution is 2.24. The summed E-state index contributed by atoms with van der Waals surface area (Å²) in [4.78, 5) is 11.5. The van der Waals surface area contributed by atoms with Crippen LogP contribution in [0.5, 0.6) is 0 Å². The number of hydrogen-bond acceptors (Lipinski definition) is 3. The monoisotopic (exact) mass is 286 g/mol. The molecule has 0 N–H and O–H groups in total. The Kier molecular flexibility index (Phi) is 4.71. The third-order valence-corrected chi connectivity index (χ3v) is 3.93. The molecular weight excluding hydrogens is 272 g/mol. The maximum Gasteiger partial charge on any atom is 0.252 e. The number of sulfone groups is 1. The minimum atomic E-state index is -3.40. The maximum atomic E-state index is 11.7. The molecular formula is C13H15ClO3S. The van der Waals surface area contributed by atoms with Crippen molar-refractivity contribution in [3.05, 3.63) is 34.9 Å². The van der Waals surface area contributed by atoms with E-state index in [-0.39, 0.29) is 10.5 Å². The van der Waals surface area contributed by atoms with Gasteiger partial charge in [-0.2, -0.15) is 0 Å². The molecule has 0 heterocycles. The normalized spacial score (nSPS) is 12.0. The summed E-state index contributed by atoms with van der Waals surface area (Å²) in [5.74, 6) is 0. The van der Waals surface area contributed by atoms with Gasteiger partial charge in [-0.15, -0.1) is 0 Å². The van der Waals surface area contributed by atoms with E-state index in [1.165, 1.54) is 6.07 Å². The number of carbonyl (C=O) groups is 1. The SMILES string of the molecule is CC=Cc1cc(CC)c(C(=O)Cl)cc1S(C)(=O)=O. The topological polar surface area (TPSA) is 51.2 Å². The van der Waals surface area contributed by atoms with Crippen molar-refractivity contribution in [1.82, 2.24) is 0 Å². The Bertz CT molecular complexity index is 601.